The Balaban J connectivity index is 1.86. The van der Waals surface area contributed by atoms with Crippen LogP contribution in [0, 0.1) is 0 Å². The van der Waals surface area contributed by atoms with Crippen molar-refractivity contribution in [3.05, 3.63) is 29.3 Å². The normalized spacial score (nSPS) is 31.6. The third-order valence-corrected chi connectivity index (χ3v) is 4.59. The highest BCUT2D eigenvalue weighted by Gasteiger charge is 2.37. The van der Waals surface area contributed by atoms with Crippen molar-refractivity contribution in [1.29, 1.82) is 0 Å². The summed E-state index contributed by atoms with van der Waals surface area (Å²) in [6.07, 6.45) is 3.71. The van der Waals surface area contributed by atoms with Gasteiger partial charge in [0.05, 0.1) is 7.11 Å². The van der Waals surface area contributed by atoms with Crippen molar-refractivity contribution >= 4 is 0 Å². The van der Waals surface area contributed by atoms with Gasteiger partial charge in [0, 0.05) is 18.1 Å². The minimum atomic E-state index is 0.135. The lowest BCUT2D eigenvalue weighted by molar-refractivity contribution is 0.174. The lowest BCUT2D eigenvalue weighted by Crippen LogP contribution is -2.42. The minimum Gasteiger partial charge on any atom is -0.497 e. The van der Waals surface area contributed by atoms with Crippen LogP contribution >= 0.6 is 0 Å². The molecule has 0 bridgehead atoms. The van der Waals surface area contributed by atoms with Gasteiger partial charge < -0.3 is 10.5 Å². The summed E-state index contributed by atoms with van der Waals surface area (Å²) in [5.41, 5.74) is 9.13. The topological polar surface area (TPSA) is 38.5 Å². The van der Waals surface area contributed by atoms with Gasteiger partial charge in [0.2, 0.25) is 0 Å². The summed E-state index contributed by atoms with van der Waals surface area (Å²) in [5.74, 6) is 0.916. The van der Waals surface area contributed by atoms with E-state index >= 15 is 0 Å². The van der Waals surface area contributed by atoms with Crippen LogP contribution in [0.1, 0.15) is 36.9 Å². The molecular weight excluding hydrogens is 224 g/mol. The molecule has 1 saturated heterocycles. The maximum Gasteiger partial charge on any atom is 0.119 e. The Labute approximate surface area is 109 Å². The molecule has 0 spiro atoms. The van der Waals surface area contributed by atoms with E-state index in [0.29, 0.717) is 12.1 Å². The van der Waals surface area contributed by atoms with E-state index in [4.69, 9.17) is 10.5 Å². The number of methoxy groups -OCH3 is 1. The van der Waals surface area contributed by atoms with Gasteiger partial charge in [-0.2, -0.15) is 0 Å². The predicted octanol–water partition coefficient (Wildman–Crippen LogP) is 2.10. The number of hydrogen-bond donors (Lipinski definition) is 1. The van der Waals surface area contributed by atoms with Crippen molar-refractivity contribution in [3.8, 4) is 5.75 Å². The van der Waals surface area contributed by atoms with Crippen LogP contribution in [0.25, 0.3) is 0 Å². The molecule has 0 radical (unpaired) electrons. The molecule has 98 valence electrons. The van der Waals surface area contributed by atoms with E-state index in [1.165, 1.54) is 30.5 Å². The van der Waals surface area contributed by atoms with Crippen molar-refractivity contribution in [2.24, 2.45) is 5.73 Å². The second-order valence-electron chi connectivity index (χ2n) is 5.59. The molecule has 0 amide bonds. The summed E-state index contributed by atoms with van der Waals surface area (Å²) in [7, 11) is 1.71. The number of benzene rings is 1. The highest BCUT2D eigenvalue weighted by Crippen LogP contribution is 2.37. The first-order valence-electron chi connectivity index (χ1n) is 6.89. The first kappa shape index (κ1) is 12.0. The highest BCUT2D eigenvalue weighted by molar-refractivity contribution is 5.42. The van der Waals surface area contributed by atoms with E-state index in [1.807, 2.05) is 6.07 Å². The average Bonchev–Trinajstić information content (AvgIpc) is 2.93. The van der Waals surface area contributed by atoms with E-state index in [1.54, 1.807) is 7.11 Å². The Morgan fingerprint density at radius 3 is 2.89 bits per heavy atom. The van der Waals surface area contributed by atoms with Crippen LogP contribution in [0.3, 0.4) is 0 Å². The predicted molar refractivity (Wildman–Crippen MR) is 72.8 cm³/mol. The van der Waals surface area contributed by atoms with Crippen LogP contribution in [-0.2, 0) is 6.42 Å². The van der Waals surface area contributed by atoms with E-state index in [-0.39, 0.29) is 6.04 Å². The van der Waals surface area contributed by atoms with Crippen LogP contribution in [-0.4, -0.2) is 30.6 Å². The number of nitrogens with two attached hydrogens (primary N) is 1. The fourth-order valence-electron chi connectivity index (χ4n) is 3.53. The van der Waals surface area contributed by atoms with Gasteiger partial charge >= 0.3 is 0 Å². The average molecular weight is 246 g/mol. The highest BCUT2D eigenvalue weighted by atomic mass is 16.5. The molecule has 18 heavy (non-hydrogen) atoms. The molecule has 0 saturated carbocycles. The Morgan fingerprint density at radius 2 is 2.22 bits per heavy atom. The van der Waals surface area contributed by atoms with Crippen LogP contribution < -0.4 is 10.5 Å². The molecule has 3 atom stereocenters. The van der Waals surface area contributed by atoms with Gasteiger partial charge in [0.1, 0.15) is 5.75 Å². The number of ether oxygens (including phenoxy) is 1. The Morgan fingerprint density at radius 1 is 1.39 bits per heavy atom. The third kappa shape index (κ3) is 1.82. The Hall–Kier alpha value is -1.06. The van der Waals surface area contributed by atoms with Crippen LogP contribution in [0.2, 0.25) is 0 Å². The number of likely N-dealkylation sites (tertiary alicyclic amines) is 1. The number of rotatable bonds is 2. The maximum atomic E-state index is 6.46. The van der Waals surface area contributed by atoms with Crippen molar-refractivity contribution < 1.29 is 4.74 Å². The second-order valence-corrected chi connectivity index (χ2v) is 5.59. The standard InChI is InChI=1S/C15H22N2O/c1-10-4-3-7-17(10)14-8-11-5-6-12(18-2)9-13(11)15(14)16/h5-6,9-10,14-15H,3-4,7-8,16H2,1-2H3. The quantitative estimate of drug-likeness (QED) is 0.868. The molecule has 1 heterocycles. The fourth-order valence-corrected chi connectivity index (χ4v) is 3.53. The molecule has 1 aromatic rings. The van der Waals surface area contributed by atoms with E-state index < -0.39 is 0 Å². The van der Waals surface area contributed by atoms with Gasteiger partial charge in [-0.05, 0) is 56.0 Å². The molecular formula is C15H22N2O. The SMILES string of the molecule is COc1ccc2c(c1)C(N)C(N1CCCC1C)C2. The van der Waals surface area contributed by atoms with Crippen molar-refractivity contribution in [1.82, 2.24) is 4.90 Å². The summed E-state index contributed by atoms with van der Waals surface area (Å²) in [5, 5.41) is 0. The summed E-state index contributed by atoms with van der Waals surface area (Å²) < 4.78 is 5.30. The monoisotopic (exact) mass is 246 g/mol. The molecule has 3 unspecified atom stereocenters. The van der Waals surface area contributed by atoms with Crippen molar-refractivity contribution in [3.63, 3.8) is 0 Å². The first-order valence-corrected chi connectivity index (χ1v) is 6.89. The molecule has 3 heteroatoms. The Bertz CT molecular complexity index is 446. The molecule has 0 aromatic heterocycles. The van der Waals surface area contributed by atoms with Crippen molar-refractivity contribution in [2.45, 2.75) is 44.3 Å². The lowest BCUT2D eigenvalue weighted by atomic mass is 10.1. The summed E-state index contributed by atoms with van der Waals surface area (Å²) in [4.78, 5) is 2.59. The Kier molecular flexibility index (Phi) is 3.04. The van der Waals surface area contributed by atoms with Crippen molar-refractivity contribution in [2.75, 3.05) is 13.7 Å². The van der Waals surface area contributed by atoms with E-state index in [0.717, 1.165) is 12.2 Å². The van der Waals surface area contributed by atoms with Gasteiger partial charge in [-0.25, -0.2) is 0 Å². The number of hydrogen-bond acceptors (Lipinski definition) is 3. The molecule has 1 aromatic carbocycles. The van der Waals surface area contributed by atoms with Gasteiger partial charge in [-0.1, -0.05) is 6.07 Å². The summed E-state index contributed by atoms with van der Waals surface area (Å²) in [6.45, 7) is 3.52. The molecule has 1 fully saturated rings. The van der Waals surface area contributed by atoms with Gasteiger partial charge in [-0.15, -0.1) is 0 Å². The molecule has 2 N–H and O–H groups in total. The zero-order valence-corrected chi connectivity index (χ0v) is 11.2. The first-order chi connectivity index (χ1) is 8.70. The molecule has 1 aliphatic carbocycles. The van der Waals surface area contributed by atoms with Gasteiger partial charge in [-0.3, -0.25) is 4.90 Å². The largest absolute Gasteiger partial charge is 0.497 e. The molecule has 3 nitrogen and oxygen atoms in total. The van der Waals surface area contributed by atoms with Crippen LogP contribution in [0.5, 0.6) is 5.75 Å². The van der Waals surface area contributed by atoms with Crippen LogP contribution in [0.15, 0.2) is 18.2 Å². The zero-order valence-electron chi connectivity index (χ0n) is 11.2. The zero-order chi connectivity index (χ0) is 12.7. The second kappa shape index (κ2) is 4.56. The molecule has 1 aliphatic heterocycles. The third-order valence-electron chi connectivity index (χ3n) is 4.59. The lowest BCUT2D eigenvalue weighted by Gasteiger charge is -2.31. The summed E-state index contributed by atoms with van der Waals surface area (Å²) in [6, 6.07) is 7.62. The molecule has 2 aliphatic rings. The smallest absolute Gasteiger partial charge is 0.119 e. The number of fused-ring (bicyclic) bond motifs is 1. The van der Waals surface area contributed by atoms with Gasteiger partial charge in [0.25, 0.3) is 0 Å². The minimum absolute atomic E-state index is 0.135. The van der Waals surface area contributed by atoms with E-state index in [2.05, 4.69) is 24.0 Å². The van der Waals surface area contributed by atoms with Gasteiger partial charge in [0.15, 0.2) is 0 Å². The summed E-state index contributed by atoms with van der Waals surface area (Å²) >= 11 is 0. The van der Waals surface area contributed by atoms with Crippen LogP contribution in [0.4, 0.5) is 0 Å². The van der Waals surface area contributed by atoms with E-state index in [9.17, 15) is 0 Å². The molecule has 3 rings (SSSR count). The maximum absolute atomic E-state index is 6.46. The fraction of sp³-hybridized carbons (Fsp3) is 0.600. The number of nitrogens with zero attached hydrogens (tertiary/aromatic N) is 1.